The molecule has 1 aromatic carbocycles. The minimum Gasteiger partial charge on any atom is -0.348 e. The van der Waals surface area contributed by atoms with Crippen molar-refractivity contribution in [2.45, 2.75) is 70.4 Å². The van der Waals surface area contributed by atoms with Crippen molar-refractivity contribution >= 4 is 17.8 Å². The van der Waals surface area contributed by atoms with Gasteiger partial charge in [-0.05, 0) is 43.6 Å². The molecule has 3 rings (SSSR count). The van der Waals surface area contributed by atoms with Crippen LogP contribution in [0.2, 0.25) is 0 Å². The summed E-state index contributed by atoms with van der Waals surface area (Å²) in [5, 5.41) is 5.88. The van der Waals surface area contributed by atoms with Gasteiger partial charge in [0.05, 0.1) is 6.04 Å². The van der Waals surface area contributed by atoms with Gasteiger partial charge < -0.3 is 10.6 Å². The van der Waals surface area contributed by atoms with Gasteiger partial charge in [-0.2, -0.15) is 0 Å². The predicted octanol–water partition coefficient (Wildman–Crippen LogP) is 3.53. The van der Waals surface area contributed by atoms with Crippen LogP contribution in [0.1, 0.15) is 70.4 Å². The molecule has 0 radical (unpaired) electrons. The predicted molar refractivity (Wildman–Crippen MR) is 107 cm³/mol. The molecule has 2 aliphatic rings. The molecule has 1 saturated heterocycles. The second-order valence-electron chi connectivity index (χ2n) is 8.07. The number of rotatable bonds is 7. The molecular formula is C22H31N3O3. The summed E-state index contributed by atoms with van der Waals surface area (Å²) in [7, 11) is 0. The van der Waals surface area contributed by atoms with E-state index in [-0.39, 0.29) is 24.4 Å². The van der Waals surface area contributed by atoms with Gasteiger partial charge in [0.2, 0.25) is 5.91 Å². The van der Waals surface area contributed by atoms with Gasteiger partial charge in [0.25, 0.3) is 5.91 Å². The first-order valence-corrected chi connectivity index (χ1v) is 10.5. The summed E-state index contributed by atoms with van der Waals surface area (Å²) in [4.78, 5) is 39.1. The van der Waals surface area contributed by atoms with E-state index in [1.165, 1.54) is 0 Å². The molecule has 1 heterocycles. The first-order chi connectivity index (χ1) is 13.5. The molecule has 28 heavy (non-hydrogen) atoms. The number of amides is 4. The van der Waals surface area contributed by atoms with Crippen LogP contribution in [0.4, 0.5) is 4.79 Å². The van der Waals surface area contributed by atoms with Crippen molar-refractivity contribution in [2.24, 2.45) is 5.92 Å². The van der Waals surface area contributed by atoms with Gasteiger partial charge in [0, 0.05) is 0 Å². The average molecular weight is 386 g/mol. The van der Waals surface area contributed by atoms with Crippen LogP contribution in [0.3, 0.4) is 0 Å². The Morgan fingerprint density at radius 1 is 1.21 bits per heavy atom. The van der Waals surface area contributed by atoms with E-state index >= 15 is 0 Å². The number of hydrogen-bond donors (Lipinski definition) is 2. The summed E-state index contributed by atoms with van der Waals surface area (Å²) >= 11 is 0. The van der Waals surface area contributed by atoms with E-state index in [1.54, 1.807) is 0 Å². The Hall–Kier alpha value is -2.37. The van der Waals surface area contributed by atoms with E-state index in [0.717, 1.165) is 42.6 Å². The number of nitrogens with zero attached hydrogens (tertiary/aromatic N) is 1. The smallest absolute Gasteiger partial charge is 0.325 e. The fraction of sp³-hybridized carbons (Fsp3) is 0.591. The summed E-state index contributed by atoms with van der Waals surface area (Å²) in [5.74, 6) is 0.0763. The molecule has 4 amide bonds. The van der Waals surface area contributed by atoms with E-state index in [4.69, 9.17) is 0 Å². The van der Waals surface area contributed by atoms with Gasteiger partial charge in [-0.1, -0.05) is 57.0 Å². The lowest BCUT2D eigenvalue weighted by atomic mass is 9.75. The van der Waals surface area contributed by atoms with E-state index in [0.29, 0.717) is 18.8 Å². The molecule has 1 aliphatic carbocycles. The van der Waals surface area contributed by atoms with Gasteiger partial charge in [-0.3, -0.25) is 14.5 Å². The summed E-state index contributed by atoms with van der Waals surface area (Å²) in [6.07, 6.45) is 6.03. The Morgan fingerprint density at radius 2 is 1.89 bits per heavy atom. The lowest BCUT2D eigenvalue weighted by molar-refractivity contribution is -0.136. The quantitative estimate of drug-likeness (QED) is 0.705. The highest BCUT2D eigenvalue weighted by Crippen LogP contribution is 2.37. The monoisotopic (exact) mass is 385 g/mol. The van der Waals surface area contributed by atoms with Crippen molar-refractivity contribution in [1.29, 1.82) is 0 Å². The molecular weight excluding hydrogens is 354 g/mol. The van der Waals surface area contributed by atoms with Crippen molar-refractivity contribution in [3.05, 3.63) is 35.9 Å². The van der Waals surface area contributed by atoms with Crippen molar-refractivity contribution in [3.63, 3.8) is 0 Å². The molecule has 6 heteroatoms. The van der Waals surface area contributed by atoms with Crippen molar-refractivity contribution in [3.8, 4) is 0 Å². The van der Waals surface area contributed by atoms with Crippen LogP contribution in [-0.2, 0) is 9.59 Å². The Bertz CT molecular complexity index is 711. The van der Waals surface area contributed by atoms with E-state index in [2.05, 4.69) is 24.5 Å². The topological polar surface area (TPSA) is 78.5 Å². The van der Waals surface area contributed by atoms with Gasteiger partial charge in [-0.25, -0.2) is 4.79 Å². The number of carbonyl (C=O) groups is 3. The molecule has 2 fully saturated rings. The minimum atomic E-state index is -0.800. The Balaban J connectivity index is 1.63. The molecule has 1 atom stereocenters. The van der Waals surface area contributed by atoms with Crippen molar-refractivity contribution in [2.75, 3.05) is 6.54 Å². The number of benzene rings is 1. The minimum absolute atomic E-state index is 0.117. The number of hydrogen-bond acceptors (Lipinski definition) is 3. The van der Waals surface area contributed by atoms with E-state index in [9.17, 15) is 14.4 Å². The third-order valence-corrected chi connectivity index (χ3v) is 6.20. The fourth-order valence-corrected chi connectivity index (χ4v) is 4.42. The third kappa shape index (κ3) is 4.21. The maximum atomic E-state index is 13.0. The molecule has 0 aromatic heterocycles. The molecule has 6 nitrogen and oxygen atoms in total. The molecule has 152 valence electrons. The Morgan fingerprint density at radius 3 is 2.50 bits per heavy atom. The normalized spacial score (nSPS) is 25.6. The van der Waals surface area contributed by atoms with Crippen LogP contribution in [0.15, 0.2) is 30.3 Å². The van der Waals surface area contributed by atoms with Crippen molar-refractivity contribution < 1.29 is 14.4 Å². The van der Waals surface area contributed by atoms with Gasteiger partial charge in [0.1, 0.15) is 12.1 Å². The SMILES string of the molecule is CCC[C@@H](NC(=O)CN1C(=O)NC2(CCC(CC)CC2)C1=O)c1ccccc1. The zero-order chi connectivity index (χ0) is 20.1. The second-order valence-corrected chi connectivity index (χ2v) is 8.07. The van der Waals surface area contributed by atoms with Crippen LogP contribution >= 0.6 is 0 Å². The third-order valence-electron chi connectivity index (χ3n) is 6.20. The van der Waals surface area contributed by atoms with Crippen LogP contribution in [-0.4, -0.2) is 34.8 Å². The number of carbonyl (C=O) groups excluding carboxylic acids is 3. The first-order valence-electron chi connectivity index (χ1n) is 10.5. The largest absolute Gasteiger partial charge is 0.348 e. The Labute approximate surface area is 167 Å². The Kier molecular flexibility index (Phi) is 6.37. The highest BCUT2D eigenvalue weighted by Gasteiger charge is 2.52. The average Bonchev–Trinajstić information content (AvgIpc) is 2.93. The summed E-state index contributed by atoms with van der Waals surface area (Å²) in [5.41, 5.74) is 0.231. The lowest BCUT2D eigenvalue weighted by Gasteiger charge is -2.34. The highest BCUT2D eigenvalue weighted by atomic mass is 16.2. The zero-order valence-electron chi connectivity index (χ0n) is 16.9. The highest BCUT2D eigenvalue weighted by molar-refractivity contribution is 6.09. The van der Waals surface area contributed by atoms with Gasteiger partial charge in [0.15, 0.2) is 0 Å². The molecule has 1 aromatic rings. The lowest BCUT2D eigenvalue weighted by Crippen LogP contribution is -2.50. The molecule has 2 N–H and O–H groups in total. The summed E-state index contributed by atoms with van der Waals surface area (Å²) < 4.78 is 0. The number of imide groups is 1. The first kappa shape index (κ1) is 20.4. The van der Waals surface area contributed by atoms with Crippen LogP contribution in [0, 0.1) is 5.92 Å². The molecule has 1 spiro atoms. The van der Waals surface area contributed by atoms with Crippen LogP contribution < -0.4 is 10.6 Å². The molecule has 0 unspecified atom stereocenters. The maximum Gasteiger partial charge on any atom is 0.325 e. The van der Waals surface area contributed by atoms with Gasteiger partial charge in [-0.15, -0.1) is 0 Å². The molecule has 1 saturated carbocycles. The van der Waals surface area contributed by atoms with E-state index < -0.39 is 11.6 Å². The van der Waals surface area contributed by atoms with Crippen LogP contribution in [0.25, 0.3) is 0 Å². The zero-order valence-corrected chi connectivity index (χ0v) is 16.9. The molecule has 1 aliphatic heterocycles. The molecule has 0 bridgehead atoms. The second kappa shape index (κ2) is 8.76. The standard InChI is InChI=1S/C22H31N3O3/c1-3-8-18(17-9-6-5-7-10-17)23-19(26)15-25-20(27)22(24-21(25)28)13-11-16(4-2)12-14-22/h5-7,9-10,16,18H,3-4,8,11-15H2,1-2H3,(H,23,26)(H,24,28)/t16?,18-,22?/m1/s1. The fourth-order valence-electron chi connectivity index (χ4n) is 4.42. The van der Waals surface area contributed by atoms with Crippen LogP contribution in [0.5, 0.6) is 0 Å². The number of urea groups is 1. The summed E-state index contributed by atoms with van der Waals surface area (Å²) in [6, 6.07) is 9.23. The van der Waals surface area contributed by atoms with Gasteiger partial charge >= 0.3 is 6.03 Å². The number of nitrogens with one attached hydrogen (secondary N) is 2. The maximum absolute atomic E-state index is 13.0. The van der Waals surface area contributed by atoms with Crippen molar-refractivity contribution in [1.82, 2.24) is 15.5 Å². The van der Waals surface area contributed by atoms with E-state index in [1.807, 2.05) is 30.3 Å². The summed E-state index contributed by atoms with van der Waals surface area (Å²) in [6.45, 7) is 4.00.